The van der Waals surface area contributed by atoms with E-state index < -0.39 is 0 Å². The second-order valence-corrected chi connectivity index (χ2v) is 4.45. The number of rotatable bonds is 0. The lowest BCUT2D eigenvalue weighted by molar-refractivity contribution is 0.256. The zero-order chi connectivity index (χ0) is 10.8. The molecule has 2 N–H and O–H groups in total. The Morgan fingerprint density at radius 1 is 1.43 bits per heavy atom. The van der Waals surface area contributed by atoms with Gasteiger partial charge in [0.05, 0.1) is 6.26 Å². The van der Waals surface area contributed by atoms with Gasteiger partial charge in [-0.1, -0.05) is 27.7 Å². The zero-order valence-corrected chi connectivity index (χ0v) is 9.63. The van der Waals surface area contributed by atoms with Crippen LogP contribution in [0.4, 0.5) is 0 Å². The number of nitrogens with two attached hydrogens (primary N) is 1. The van der Waals surface area contributed by atoms with Gasteiger partial charge in [0.15, 0.2) is 0 Å². The van der Waals surface area contributed by atoms with Crippen LogP contribution in [-0.4, -0.2) is 0 Å². The second-order valence-electron chi connectivity index (χ2n) is 4.45. The number of fused-ring (bicyclic) bond motifs is 1. The van der Waals surface area contributed by atoms with Crippen molar-refractivity contribution in [2.24, 2.45) is 11.1 Å². The van der Waals surface area contributed by atoms with E-state index in [1.54, 1.807) is 6.26 Å². The molecule has 0 saturated heterocycles. The van der Waals surface area contributed by atoms with Gasteiger partial charge in [-0.05, 0) is 17.9 Å². The Labute approximate surface area is 86.5 Å². The Morgan fingerprint density at radius 3 is 2.71 bits per heavy atom. The molecule has 14 heavy (non-hydrogen) atoms. The molecular formula is C12H21NO. The van der Waals surface area contributed by atoms with Gasteiger partial charge in [0.1, 0.15) is 5.76 Å². The Kier molecular flexibility index (Phi) is 3.38. The van der Waals surface area contributed by atoms with E-state index in [1.165, 1.54) is 5.56 Å². The summed E-state index contributed by atoms with van der Waals surface area (Å²) in [4.78, 5) is 0. The van der Waals surface area contributed by atoms with E-state index in [2.05, 4.69) is 13.8 Å². The fourth-order valence-corrected chi connectivity index (χ4v) is 2.04. The summed E-state index contributed by atoms with van der Waals surface area (Å²) in [6.07, 6.45) is 3.81. The van der Waals surface area contributed by atoms with Crippen molar-refractivity contribution in [3.8, 4) is 0 Å². The normalized spacial score (nSPS) is 23.4. The van der Waals surface area contributed by atoms with Gasteiger partial charge in [-0.2, -0.15) is 0 Å². The quantitative estimate of drug-likeness (QED) is 0.690. The topological polar surface area (TPSA) is 39.2 Å². The Hall–Kier alpha value is -0.760. The first-order chi connectivity index (χ1) is 6.58. The van der Waals surface area contributed by atoms with E-state index in [-0.39, 0.29) is 6.04 Å². The molecule has 2 rings (SSSR count). The maximum absolute atomic E-state index is 6.01. The second kappa shape index (κ2) is 4.18. The number of hydrogen-bond acceptors (Lipinski definition) is 2. The minimum atomic E-state index is 0.169. The molecule has 1 unspecified atom stereocenters. The number of hydrogen-bond donors (Lipinski definition) is 1. The average Bonchev–Trinajstić information content (AvgIpc) is 2.53. The first-order valence-electron chi connectivity index (χ1n) is 5.40. The SMILES string of the molecule is CC.CC1(C)Cc2occc2C(N)C1. The van der Waals surface area contributed by atoms with Gasteiger partial charge in [0.25, 0.3) is 0 Å². The number of furan rings is 1. The third kappa shape index (κ3) is 2.18. The van der Waals surface area contributed by atoms with Crippen LogP contribution in [0.15, 0.2) is 16.7 Å². The van der Waals surface area contributed by atoms with Gasteiger partial charge in [-0.15, -0.1) is 0 Å². The first-order valence-corrected chi connectivity index (χ1v) is 5.40. The minimum Gasteiger partial charge on any atom is -0.469 e. The van der Waals surface area contributed by atoms with Gasteiger partial charge in [0, 0.05) is 18.0 Å². The molecule has 2 heteroatoms. The standard InChI is InChI=1S/C10H15NO.C2H6/c1-10(2)5-8(11)7-3-4-12-9(7)6-10;1-2/h3-4,8H,5-6,11H2,1-2H3;1-2H3. The zero-order valence-electron chi connectivity index (χ0n) is 9.63. The predicted molar refractivity (Wildman–Crippen MR) is 59.1 cm³/mol. The summed E-state index contributed by atoms with van der Waals surface area (Å²) in [5, 5.41) is 0. The summed E-state index contributed by atoms with van der Waals surface area (Å²) < 4.78 is 5.38. The highest BCUT2D eigenvalue weighted by Gasteiger charge is 2.31. The third-order valence-electron chi connectivity index (χ3n) is 2.59. The molecule has 1 aliphatic carbocycles. The molecule has 1 atom stereocenters. The van der Waals surface area contributed by atoms with E-state index in [1.807, 2.05) is 19.9 Å². The molecule has 80 valence electrons. The molecule has 1 aromatic heterocycles. The smallest absolute Gasteiger partial charge is 0.109 e. The van der Waals surface area contributed by atoms with Crippen LogP contribution < -0.4 is 5.73 Å². The van der Waals surface area contributed by atoms with Crippen LogP contribution in [-0.2, 0) is 6.42 Å². The molecule has 0 radical (unpaired) electrons. The van der Waals surface area contributed by atoms with Crippen LogP contribution in [0.5, 0.6) is 0 Å². The molecule has 0 fully saturated rings. The lowest BCUT2D eigenvalue weighted by Gasteiger charge is -2.32. The molecule has 0 aliphatic heterocycles. The van der Waals surface area contributed by atoms with E-state index in [4.69, 9.17) is 10.2 Å². The van der Waals surface area contributed by atoms with Crippen molar-refractivity contribution in [3.63, 3.8) is 0 Å². The summed E-state index contributed by atoms with van der Waals surface area (Å²) in [6.45, 7) is 8.47. The van der Waals surface area contributed by atoms with Gasteiger partial charge in [-0.25, -0.2) is 0 Å². The molecular weight excluding hydrogens is 174 g/mol. The fraction of sp³-hybridized carbons (Fsp3) is 0.667. The lowest BCUT2D eigenvalue weighted by atomic mass is 9.75. The highest BCUT2D eigenvalue weighted by atomic mass is 16.3. The molecule has 0 bridgehead atoms. The Morgan fingerprint density at radius 2 is 2.07 bits per heavy atom. The largest absolute Gasteiger partial charge is 0.469 e. The maximum Gasteiger partial charge on any atom is 0.109 e. The summed E-state index contributed by atoms with van der Waals surface area (Å²) in [7, 11) is 0. The molecule has 1 heterocycles. The summed E-state index contributed by atoms with van der Waals surface area (Å²) in [5.74, 6) is 1.08. The van der Waals surface area contributed by atoms with Crippen molar-refractivity contribution >= 4 is 0 Å². The van der Waals surface area contributed by atoms with Crippen LogP contribution in [0.1, 0.15) is 51.5 Å². The lowest BCUT2D eigenvalue weighted by Crippen LogP contribution is -2.28. The van der Waals surface area contributed by atoms with Crippen LogP contribution in [0, 0.1) is 5.41 Å². The van der Waals surface area contributed by atoms with Gasteiger partial charge < -0.3 is 10.2 Å². The van der Waals surface area contributed by atoms with Crippen molar-refractivity contribution in [3.05, 3.63) is 23.7 Å². The van der Waals surface area contributed by atoms with Gasteiger partial charge >= 0.3 is 0 Å². The monoisotopic (exact) mass is 195 g/mol. The van der Waals surface area contributed by atoms with Crippen molar-refractivity contribution in [2.75, 3.05) is 0 Å². The summed E-state index contributed by atoms with van der Waals surface area (Å²) in [5.41, 5.74) is 7.51. The van der Waals surface area contributed by atoms with Crippen LogP contribution in [0.2, 0.25) is 0 Å². The summed E-state index contributed by atoms with van der Waals surface area (Å²) in [6, 6.07) is 2.16. The van der Waals surface area contributed by atoms with E-state index in [0.29, 0.717) is 5.41 Å². The molecule has 2 nitrogen and oxygen atoms in total. The van der Waals surface area contributed by atoms with E-state index in [9.17, 15) is 0 Å². The summed E-state index contributed by atoms with van der Waals surface area (Å²) >= 11 is 0. The van der Waals surface area contributed by atoms with Crippen LogP contribution in [0.25, 0.3) is 0 Å². The van der Waals surface area contributed by atoms with Crippen LogP contribution >= 0.6 is 0 Å². The van der Waals surface area contributed by atoms with E-state index >= 15 is 0 Å². The molecule has 0 spiro atoms. The highest BCUT2D eigenvalue weighted by Crippen LogP contribution is 2.39. The van der Waals surface area contributed by atoms with Crippen molar-refractivity contribution < 1.29 is 4.42 Å². The van der Waals surface area contributed by atoms with Crippen molar-refractivity contribution in [1.82, 2.24) is 0 Å². The average molecular weight is 195 g/mol. The Balaban J connectivity index is 0.000000461. The maximum atomic E-state index is 6.01. The minimum absolute atomic E-state index is 0.169. The first kappa shape index (κ1) is 11.3. The Bertz CT molecular complexity index is 288. The van der Waals surface area contributed by atoms with Crippen LogP contribution in [0.3, 0.4) is 0 Å². The van der Waals surface area contributed by atoms with Crippen molar-refractivity contribution in [1.29, 1.82) is 0 Å². The van der Waals surface area contributed by atoms with Crippen molar-refractivity contribution in [2.45, 2.75) is 46.6 Å². The molecule has 1 aromatic rings. The third-order valence-corrected chi connectivity index (χ3v) is 2.59. The fourth-order valence-electron chi connectivity index (χ4n) is 2.04. The molecule has 0 amide bonds. The molecule has 1 aliphatic rings. The molecule has 0 aromatic carbocycles. The highest BCUT2D eigenvalue weighted by molar-refractivity contribution is 5.25. The van der Waals surface area contributed by atoms with Gasteiger partial charge in [-0.3, -0.25) is 0 Å². The molecule has 0 saturated carbocycles. The van der Waals surface area contributed by atoms with Gasteiger partial charge in [0.2, 0.25) is 0 Å². The van der Waals surface area contributed by atoms with E-state index in [0.717, 1.165) is 18.6 Å². The predicted octanol–water partition coefficient (Wildman–Crippen LogP) is 3.28.